The van der Waals surface area contributed by atoms with Gasteiger partial charge in [0.25, 0.3) is 0 Å². The van der Waals surface area contributed by atoms with E-state index in [4.69, 9.17) is 11.6 Å². The lowest BCUT2D eigenvalue weighted by atomic mass is 9.97. The third-order valence-electron chi connectivity index (χ3n) is 3.08. The highest BCUT2D eigenvalue weighted by molar-refractivity contribution is 9.10. The summed E-state index contributed by atoms with van der Waals surface area (Å²) in [4.78, 5) is 0. The summed E-state index contributed by atoms with van der Waals surface area (Å²) in [5, 5.41) is 4.31. The number of aryl methyl sites for hydroxylation is 1. The molecule has 0 radical (unpaired) electrons. The smallest absolute Gasteiger partial charge is 0.0591 e. The van der Waals surface area contributed by atoms with Gasteiger partial charge >= 0.3 is 0 Å². The van der Waals surface area contributed by atoms with Crippen LogP contribution in [0.5, 0.6) is 0 Å². The zero-order chi connectivity index (χ0) is 13.8. The quantitative estimate of drug-likeness (QED) is 0.817. The van der Waals surface area contributed by atoms with Crippen molar-refractivity contribution in [2.45, 2.75) is 19.9 Å². The van der Waals surface area contributed by atoms with Crippen molar-refractivity contribution in [1.29, 1.82) is 0 Å². The topological polar surface area (TPSA) is 12.0 Å². The number of benzene rings is 2. The molecule has 19 heavy (non-hydrogen) atoms. The van der Waals surface area contributed by atoms with E-state index in [2.05, 4.69) is 71.5 Å². The number of rotatable bonds is 4. The highest BCUT2D eigenvalue weighted by atomic mass is 79.9. The summed E-state index contributed by atoms with van der Waals surface area (Å²) in [6, 6.07) is 14.7. The molecule has 2 aromatic rings. The van der Waals surface area contributed by atoms with Gasteiger partial charge in [0, 0.05) is 9.50 Å². The molecule has 0 aliphatic rings. The summed E-state index contributed by atoms with van der Waals surface area (Å²) in [6.07, 6.45) is 0. The number of halogens is 2. The molecular formula is C16H17BrClN. The Hall–Kier alpha value is -0.830. The molecule has 0 aromatic heterocycles. The van der Waals surface area contributed by atoms with Crippen molar-refractivity contribution in [3.05, 3.63) is 68.7 Å². The fourth-order valence-corrected chi connectivity index (χ4v) is 2.74. The van der Waals surface area contributed by atoms with E-state index >= 15 is 0 Å². The van der Waals surface area contributed by atoms with Gasteiger partial charge in [-0.1, -0.05) is 58.7 Å². The summed E-state index contributed by atoms with van der Waals surface area (Å²) in [5.41, 5.74) is 3.52. The zero-order valence-electron chi connectivity index (χ0n) is 11.1. The standard InChI is InChI=1S/C16H17BrClN/c1-3-19-16(12-5-7-13(17)8-6-12)14-9-4-11(2)10-15(14)18/h4-10,16,19H,3H2,1-2H3. The van der Waals surface area contributed by atoms with Crippen molar-refractivity contribution in [2.75, 3.05) is 6.54 Å². The van der Waals surface area contributed by atoms with Gasteiger partial charge in [-0.25, -0.2) is 0 Å². The summed E-state index contributed by atoms with van der Waals surface area (Å²) < 4.78 is 1.08. The van der Waals surface area contributed by atoms with Gasteiger partial charge in [0.05, 0.1) is 6.04 Å². The minimum atomic E-state index is 0.131. The molecule has 1 nitrogen and oxygen atoms in total. The predicted octanol–water partition coefficient (Wildman–Crippen LogP) is 5.11. The van der Waals surface area contributed by atoms with Gasteiger partial charge in [-0.05, 0) is 48.4 Å². The fourth-order valence-electron chi connectivity index (χ4n) is 2.13. The van der Waals surface area contributed by atoms with Crippen molar-refractivity contribution >= 4 is 27.5 Å². The SMILES string of the molecule is CCNC(c1ccc(Br)cc1)c1ccc(C)cc1Cl. The van der Waals surface area contributed by atoms with Crippen LogP contribution < -0.4 is 5.32 Å². The Morgan fingerprint density at radius 1 is 1.16 bits per heavy atom. The summed E-state index contributed by atoms with van der Waals surface area (Å²) in [6.45, 7) is 5.05. The van der Waals surface area contributed by atoms with Crippen LogP contribution >= 0.6 is 27.5 Å². The maximum atomic E-state index is 6.39. The summed E-state index contributed by atoms with van der Waals surface area (Å²) in [5.74, 6) is 0. The average molecular weight is 339 g/mol. The first kappa shape index (κ1) is 14.6. The van der Waals surface area contributed by atoms with Gasteiger partial charge in [0.2, 0.25) is 0 Å². The van der Waals surface area contributed by atoms with Crippen molar-refractivity contribution in [3.63, 3.8) is 0 Å². The monoisotopic (exact) mass is 337 g/mol. The molecule has 0 aliphatic heterocycles. The van der Waals surface area contributed by atoms with E-state index in [0.29, 0.717) is 0 Å². The number of hydrogen-bond acceptors (Lipinski definition) is 1. The van der Waals surface area contributed by atoms with E-state index in [1.165, 1.54) is 11.1 Å². The lowest BCUT2D eigenvalue weighted by Crippen LogP contribution is -2.22. The summed E-state index contributed by atoms with van der Waals surface area (Å²) in [7, 11) is 0. The van der Waals surface area contributed by atoms with Crippen LogP contribution in [0.3, 0.4) is 0 Å². The van der Waals surface area contributed by atoms with Crippen LogP contribution in [0.15, 0.2) is 46.9 Å². The molecule has 1 unspecified atom stereocenters. The molecule has 3 heteroatoms. The van der Waals surface area contributed by atoms with Crippen LogP contribution in [0, 0.1) is 6.92 Å². The van der Waals surface area contributed by atoms with Crippen LogP contribution in [-0.4, -0.2) is 6.54 Å². The minimum Gasteiger partial charge on any atom is -0.306 e. The Morgan fingerprint density at radius 2 is 1.84 bits per heavy atom. The average Bonchev–Trinajstić information content (AvgIpc) is 2.38. The molecule has 0 saturated carbocycles. The van der Waals surface area contributed by atoms with E-state index in [9.17, 15) is 0 Å². The molecule has 1 atom stereocenters. The van der Waals surface area contributed by atoms with Crippen LogP contribution in [0.1, 0.15) is 29.7 Å². The maximum absolute atomic E-state index is 6.39. The Kier molecular flexibility index (Phi) is 5.03. The highest BCUT2D eigenvalue weighted by Gasteiger charge is 2.15. The Bertz CT molecular complexity index is 551. The van der Waals surface area contributed by atoms with E-state index < -0.39 is 0 Å². The van der Waals surface area contributed by atoms with Crippen LogP contribution in [0.25, 0.3) is 0 Å². The Morgan fingerprint density at radius 3 is 2.42 bits per heavy atom. The predicted molar refractivity (Wildman–Crippen MR) is 85.9 cm³/mol. The molecule has 2 rings (SSSR count). The first-order chi connectivity index (χ1) is 9.11. The molecule has 0 amide bonds. The van der Waals surface area contributed by atoms with Crippen molar-refractivity contribution < 1.29 is 0 Å². The zero-order valence-corrected chi connectivity index (χ0v) is 13.4. The minimum absolute atomic E-state index is 0.131. The lowest BCUT2D eigenvalue weighted by Gasteiger charge is -2.20. The molecular weight excluding hydrogens is 322 g/mol. The fraction of sp³-hybridized carbons (Fsp3) is 0.250. The highest BCUT2D eigenvalue weighted by Crippen LogP contribution is 2.29. The van der Waals surface area contributed by atoms with E-state index in [1.807, 2.05) is 6.07 Å². The van der Waals surface area contributed by atoms with Crippen molar-refractivity contribution in [1.82, 2.24) is 5.32 Å². The van der Waals surface area contributed by atoms with Gasteiger partial charge < -0.3 is 5.32 Å². The third-order valence-corrected chi connectivity index (χ3v) is 3.93. The second kappa shape index (κ2) is 6.56. The molecule has 0 bridgehead atoms. The third kappa shape index (κ3) is 3.59. The van der Waals surface area contributed by atoms with Crippen molar-refractivity contribution in [3.8, 4) is 0 Å². The van der Waals surface area contributed by atoms with Gasteiger partial charge in [-0.15, -0.1) is 0 Å². The van der Waals surface area contributed by atoms with Crippen LogP contribution in [0.4, 0.5) is 0 Å². The van der Waals surface area contributed by atoms with Gasteiger partial charge in [-0.3, -0.25) is 0 Å². The van der Waals surface area contributed by atoms with E-state index in [-0.39, 0.29) is 6.04 Å². The van der Waals surface area contributed by atoms with E-state index in [0.717, 1.165) is 21.6 Å². The largest absolute Gasteiger partial charge is 0.306 e. The molecule has 0 spiro atoms. The molecule has 2 aromatic carbocycles. The number of hydrogen-bond donors (Lipinski definition) is 1. The number of nitrogens with one attached hydrogen (secondary N) is 1. The van der Waals surface area contributed by atoms with E-state index in [1.54, 1.807) is 0 Å². The first-order valence-corrected chi connectivity index (χ1v) is 7.54. The van der Waals surface area contributed by atoms with Crippen LogP contribution in [-0.2, 0) is 0 Å². The molecule has 0 saturated heterocycles. The molecule has 0 heterocycles. The normalized spacial score (nSPS) is 12.4. The second-order valence-corrected chi connectivity index (χ2v) is 5.89. The molecule has 1 N–H and O–H groups in total. The maximum Gasteiger partial charge on any atom is 0.0591 e. The van der Waals surface area contributed by atoms with Gasteiger partial charge in [0.15, 0.2) is 0 Å². The Balaban J connectivity index is 2.41. The lowest BCUT2D eigenvalue weighted by molar-refractivity contribution is 0.630. The molecule has 0 fully saturated rings. The van der Waals surface area contributed by atoms with Gasteiger partial charge in [-0.2, -0.15) is 0 Å². The molecule has 100 valence electrons. The summed E-state index contributed by atoms with van der Waals surface area (Å²) >= 11 is 9.86. The van der Waals surface area contributed by atoms with Gasteiger partial charge in [0.1, 0.15) is 0 Å². The van der Waals surface area contributed by atoms with Crippen LogP contribution in [0.2, 0.25) is 5.02 Å². The second-order valence-electron chi connectivity index (χ2n) is 4.57. The Labute approximate surface area is 128 Å². The van der Waals surface area contributed by atoms with Crippen molar-refractivity contribution in [2.24, 2.45) is 0 Å². The molecule has 0 aliphatic carbocycles. The first-order valence-electron chi connectivity index (χ1n) is 6.36.